The molecule has 0 atom stereocenters. The topological polar surface area (TPSA) is 62.5 Å². The van der Waals surface area contributed by atoms with Gasteiger partial charge < -0.3 is 14.6 Å². The van der Waals surface area contributed by atoms with Gasteiger partial charge in [0, 0.05) is 28.8 Å². The van der Waals surface area contributed by atoms with E-state index in [1.807, 2.05) is 37.6 Å². The van der Waals surface area contributed by atoms with Crippen molar-refractivity contribution in [3.05, 3.63) is 22.4 Å². The predicted octanol–water partition coefficient (Wildman–Crippen LogP) is 3.30. The van der Waals surface area contributed by atoms with Crippen LogP contribution in [0.4, 0.5) is 0 Å². The summed E-state index contributed by atoms with van der Waals surface area (Å²) in [5.41, 5.74) is 0.210. The number of carbonyl (C=O) groups is 2. The zero-order chi connectivity index (χ0) is 15.8. The van der Waals surface area contributed by atoms with Gasteiger partial charge in [0.2, 0.25) is 0 Å². The summed E-state index contributed by atoms with van der Waals surface area (Å²) in [6, 6.07) is 2.22. The Balaban J connectivity index is 2.27. The summed E-state index contributed by atoms with van der Waals surface area (Å²) in [6.45, 7) is 5.98. The molecule has 0 radical (unpaired) electrons. The Morgan fingerprint density at radius 1 is 1.43 bits per heavy atom. The Hall–Kier alpha value is -1.30. The van der Waals surface area contributed by atoms with E-state index < -0.39 is 11.5 Å². The molecule has 0 unspecified atom stereocenters. The highest BCUT2D eigenvalue weighted by Crippen LogP contribution is 2.38. The molecule has 116 valence electrons. The molecule has 1 aliphatic rings. The van der Waals surface area contributed by atoms with Crippen LogP contribution in [0.5, 0.6) is 0 Å². The number of carbonyl (C=O) groups excluding carboxylic acids is 1. The van der Waals surface area contributed by atoms with Crippen LogP contribution in [0.25, 0.3) is 0 Å². The van der Waals surface area contributed by atoms with Gasteiger partial charge in [-0.05, 0) is 55.6 Å². The fraction of sp³-hybridized carbons (Fsp3) is 0.600. The molecule has 0 aliphatic heterocycles. The van der Waals surface area contributed by atoms with Crippen LogP contribution in [0.2, 0.25) is 0 Å². The molecular weight excluding hydrogens is 336 g/mol. The van der Waals surface area contributed by atoms with Crippen molar-refractivity contribution in [2.75, 3.05) is 6.54 Å². The summed E-state index contributed by atoms with van der Waals surface area (Å²) in [5, 5.41) is 8.89. The van der Waals surface area contributed by atoms with Crippen molar-refractivity contribution in [1.82, 2.24) is 9.47 Å². The molecular formula is C15H21BrN2O3. The van der Waals surface area contributed by atoms with Gasteiger partial charge in [0.1, 0.15) is 5.69 Å². The van der Waals surface area contributed by atoms with Gasteiger partial charge in [-0.3, -0.25) is 9.59 Å². The van der Waals surface area contributed by atoms with Crippen LogP contribution in [0.15, 0.2) is 16.7 Å². The fourth-order valence-corrected chi connectivity index (χ4v) is 2.80. The minimum atomic E-state index is -0.893. The van der Waals surface area contributed by atoms with Crippen LogP contribution in [0.3, 0.4) is 0 Å². The van der Waals surface area contributed by atoms with Crippen molar-refractivity contribution < 1.29 is 14.7 Å². The average Bonchev–Trinajstić information content (AvgIpc) is 3.10. The van der Waals surface area contributed by atoms with Crippen LogP contribution in [-0.4, -0.2) is 38.5 Å². The second-order valence-electron chi connectivity index (χ2n) is 6.45. The molecule has 1 aromatic rings. The first-order chi connectivity index (χ1) is 9.70. The fourth-order valence-electron chi connectivity index (χ4n) is 2.36. The quantitative estimate of drug-likeness (QED) is 0.880. The maximum Gasteiger partial charge on any atom is 0.305 e. The molecule has 1 N–H and O–H groups in total. The van der Waals surface area contributed by atoms with Crippen LogP contribution in [0.1, 0.15) is 56.6 Å². The van der Waals surface area contributed by atoms with E-state index in [0.29, 0.717) is 11.7 Å². The SMILES string of the molecule is CC(C)(C)N(CCC(=O)O)C(=O)c1cc(Br)cn1C1CC1. The summed E-state index contributed by atoms with van der Waals surface area (Å²) in [5.74, 6) is -1.00. The molecule has 1 fully saturated rings. The van der Waals surface area contributed by atoms with E-state index in [-0.39, 0.29) is 18.9 Å². The van der Waals surface area contributed by atoms with Crippen LogP contribution in [-0.2, 0) is 4.79 Å². The molecule has 0 saturated heterocycles. The first-order valence-corrected chi connectivity index (χ1v) is 7.90. The van der Waals surface area contributed by atoms with E-state index in [0.717, 1.165) is 17.3 Å². The monoisotopic (exact) mass is 356 g/mol. The highest BCUT2D eigenvalue weighted by Gasteiger charge is 2.33. The van der Waals surface area contributed by atoms with Gasteiger partial charge in [-0.2, -0.15) is 0 Å². The zero-order valence-electron chi connectivity index (χ0n) is 12.6. The molecule has 5 nitrogen and oxygen atoms in total. The van der Waals surface area contributed by atoms with Gasteiger partial charge in [-0.25, -0.2) is 0 Å². The molecule has 0 aromatic carbocycles. The molecule has 2 rings (SSSR count). The maximum absolute atomic E-state index is 12.9. The number of amides is 1. The largest absolute Gasteiger partial charge is 0.481 e. The van der Waals surface area contributed by atoms with Crippen molar-refractivity contribution in [3.8, 4) is 0 Å². The Morgan fingerprint density at radius 3 is 2.52 bits per heavy atom. The third-order valence-corrected chi connectivity index (χ3v) is 4.01. The molecule has 1 aliphatic carbocycles. The molecule has 1 aromatic heterocycles. The highest BCUT2D eigenvalue weighted by molar-refractivity contribution is 9.10. The number of aromatic nitrogens is 1. The van der Waals surface area contributed by atoms with Gasteiger partial charge in [-0.15, -0.1) is 0 Å². The van der Waals surface area contributed by atoms with Gasteiger partial charge in [0.05, 0.1) is 6.42 Å². The lowest BCUT2D eigenvalue weighted by atomic mass is 10.0. The van der Waals surface area contributed by atoms with E-state index in [4.69, 9.17) is 5.11 Å². The van der Waals surface area contributed by atoms with Crippen LogP contribution >= 0.6 is 15.9 Å². The Bertz CT molecular complexity index is 556. The van der Waals surface area contributed by atoms with E-state index in [1.54, 1.807) is 4.90 Å². The van der Waals surface area contributed by atoms with E-state index in [2.05, 4.69) is 15.9 Å². The summed E-state index contributed by atoms with van der Waals surface area (Å²) in [7, 11) is 0. The maximum atomic E-state index is 12.9. The van der Waals surface area contributed by atoms with Crippen LogP contribution < -0.4 is 0 Å². The number of hydrogen-bond acceptors (Lipinski definition) is 2. The van der Waals surface area contributed by atoms with Gasteiger partial charge in [0.15, 0.2) is 0 Å². The first-order valence-electron chi connectivity index (χ1n) is 7.11. The highest BCUT2D eigenvalue weighted by atomic mass is 79.9. The van der Waals surface area contributed by atoms with E-state index in [1.165, 1.54) is 0 Å². The first kappa shape index (κ1) is 16.1. The molecule has 1 heterocycles. The van der Waals surface area contributed by atoms with E-state index >= 15 is 0 Å². The van der Waals surface area contributed by atoms with Crippen molar-refractivity contribution in [2.24, 2.45) is 0 Å². The molecule has 1 saturated carbocycles. The second kappa shape index (κ2) is 5.83. The van der Waals surface area contributed by atoms with Gasteiger partial charge in [-0.1, -0.05) is 0 Å². The number of carboxylic acid groups (broad SMARTS) is 1. The number of hydrogen-bond donors (Lipinski definition) is 1. The average molecular weight is 357 g/mol. The standard InChI is InChI=1S/C15H21BrN2O3/c1-15(2,3)18(7-6-13(19)20)14(21)12-8-10(16)9-17(12)11-4-5-11/h8-9,11H,4-7H2,1-3H3,(H,19,20). The lowest BCUT2D eigenvalue weighted by Gasteiger charge is -2.35. The third kappa shape index (κ3) is 3.87. The summed E-state index contributed by atoms with van der Waals surface area (Å²) in [6.07, 6.45) is 4.06. The number of aliphatic carboxylic acids is 1. The number of halogens is 1. The lowest BCUT2D eigenvalue weighted by Crippen LogP contribution is -2.47. The summed E-state index contributed by atoms with van der Waals surface area (Å²) in [4.78, 5) is 25.3. The van der Waals surface area contributed by atoms with Crippen molar-refractivity contribution in [2.45, 2.75) is 51.6 Å². The normalized spacial score (nSPS) is 15.0. The summed E-state index contributed by atoms with van der Waals surface area (Å²) < 4.78 is 2.89. The minimum Gasteiger partial charge on any atom is -0.481 e. The molecule has 21 heavy (non-hydrogen) atoms. The number of nitrogens with zero attached hydrogens (tertiary/aromatic N) is 2. The Labute approximate surface area is 133 Å². The number of rotatable bonds is 5. The molecule has 6 heteroatoms. The van der Waals surface area contributed by atoms with Gasteiger partial charge in [0.25, 0.3) is 5.91 Å². The number of carboxylic acids is 1. The smallest absolute Gasteiger partial charge is 0.305 e. The van der Waals surface area contributed by atoms with Crippen LogP contribution in [0, 0.1) is 0 Å². The minimum absolute atomic E-state index is 0.0473. The summed E-state index contributed by atoms with van der Waals surface area (Å²) >= 11 is 3.42. The Kier molecular flexibility index (Phi) is 4.46. The van der Waals surface area contributed by atoms with Crippen molar-refractivity contribution >= 4 is 27.8 Å². The predicted molar refractivity (Wildman–Crippen MR) is 83.4 cm³/mol. The van der Waals surface area contributed by atoms with Crippen molar-refractivity contribution in [1.29, 1.82) is 0 Å². The second-order valence-corrected chi connectivity index (χ2v) is 7.37. The van der Waals surface area contributed by atoms with Gasteiger partial charge >= 0.3 is 5.97 Å². The lowest BCUT2D eigenvalue weighted by molar-refractivity contribution is -0.137. The van der Waals surface area contributed by atoms with Crippen molar-refractivity contribution in [3.63, 3.8) is 0 Å². The van der Waals surface area contributed by atoms with E-state index in [9.17, 15) is 9.59 Å². The zero-order valence-corrected chi connectivity index (χ0v) is 14.2. The Morgan fingerprint density at radius 2 is 2.05 bits per heavy atom. The molecule has 1 amide bonds. The third-order valence-electron chi connectivity index (χ3n) is 3.58. The molecule has 0 spiro atoms. The molecule has 0 bridgehead atoms.